The molecule has 0 radical (unpaired) electrons. The third-order valence-corrected chi connectivity index (χ3v) is 5.39. The maximum Gasteiger partial charge on any atom is 0.317 e. The van der Waals surface area contributed by atoms with Gasteiger partial charge in [0.05, 0.1) is 36.9 Å². The van der Waals surface area contributed by atoms with Crippen LogP contribution in [0.15, 0.2) is 66.9 Å². The fourth-order valence-corrected chi connectivity index (χ4v) is 3.58. The minimum Gasteiger partial charge on any atom is -0.459 e. The number of aliphatic hydroxyl groups excluding tert-OH is 1. The quantitative estimate of drug-likeness (QED) is 0.429. The second-order valence-electron chi connectivity index (χ2n) is 7.90. The van der Waals surface area contributed by atoms with Crippen LogP contribution in [-0.4, -0.2) is 44.9 Å². The SMILES string of the molecule is OCC1COC(c2nc(-c3ccc(F)cc3)c(-c3ccnc(OCc4ccccc4)n3)[nH]2)OC1. The van der Waals surface area contributed by atoms with Crippen LogP contribution in [0.25, 0.3) is 22.6 Å². The molecule has 1 aliphatic rings. The summed E-state index contributed by atoms with van der Waals surface area (Å²) >= 11 is 0. The van der Waals surface area contributed by atoms with Gasteiger partial charge in [-0.25, -0.2) is 14.4 Å². The van der Waals surface area contributed by atoms with Crippen LogP contribution in [0.5, 0.6) is 6.01 Å². The molecule has 0 amide bonds. The van der Waals surface area contributed by atoms with Crippen LogP contribution in [-0.2, 0) is 16.1 Å². The lowest BCUT2D eigenvalue weighted by atomic mass is 10.1. The number of benzene rings is 2. The normalized spacial score (nSPS) is 18.1. The molecule has 1 fully saturated rings. The van der Waals surface area contributed by atoms with E-state index in [2.05, 4.69) is 15.0 Å². The standard InChI is InChI=1S/C25H23FN4O4/c26-19-8-6-18(7-9-19)21-22(30-23(29-21)24-32-14-17(12-31)15-33-24)20-10-11-27-25(28-20)34-13-16-4-2-1-3-5-16/h1-11,17,24,31H,12-15H2,(H,29,30). The maximum atomic E-state index is 13.5. The number of hydrogen-bond donors (Lipinski definition) is 2. The smallest absolute Gasteiger partial charge is 0.317 e. The van der Waals surface area contributed by atoms with E-state index in [-0.39, 0.29) is 24.4 Å². The van der Waals surface area contributed by atoms with Crippen LogP contribution < -0.4 is 4.74 Å². The molecule has 2 aromatic heterocycles. The number of imidazole rings is 1. The Morgan fingerprint density at radius 1 is 1.00 bits per heavy atom. The minimum atomic E-state index is -0.716. The van der Waals surface area contributed by atoms with E-state index in [9.17, 15) is 9.50 Å². The van der Waals surface area contributed by atoms with Gasteiger partial charge in [0, 0.05) is 17.7 Å². The van der Waals surface area contributed by atoms with E-state index in [4.69, 9.17) is 19.2 Å². The van der Waals surface area contributed by atoms with E-state index in [1.165, 1.54) is 12.1 Å². The van der Waals surface area contributed by atoms with Gasteiger partial charge in [-0.05, 0) is 35.9 Å². The van der Waals surface area contributed by atoms with Gasteiger partial charge < -0.3 is 24.3 Å². The van der Waals surface area contributed by atoms with Crippen LogP contribution in [0, 0.1) is 11.7 Å². The summed E-state index contributed by atoms with van der Waals surface area (Å²) < 4.78 is 30.8. The fourth-order valence-electron chi connectivity index (χ4n) is 3.58. The van der Waals surface area contributed by atoms with E-state index in [0.717, 1.165) is 5.56 Å². The molecule has 5 rings (SSSR count). The van der Waals surface area contributed by atoms with Gasteiger partial charge in [0.2, 0.25) is 6.29 Å². The summed E-state index contributed by atoms with van der Waals surface area (Å²) in [5.74, 6) is 0.0400. The van der Waals surface area contributed by atoms with Gasteiger partial charge in [-0.3, -0.25) is 0 Å². The summed E-state index contributed by atoms with van der Waals surface area (Å²) in [7, 11) is 0. The Kier molecular flexibility index (Phi) is 6.57. The molecule has 0 spiro atoms. The molecule has 0 unspecified atom stereocenters. The van der Waals surface area contributed by atoms with Crippen molar-refractivity contribution in [1.82, 2.24) is 19.9 Å². The molecule has 174 valence electrons. The van der Waals surface area contributed by atoms with Crippen molar-refractivity contribution < 1.29 is 23.7 Å². The summed E-state index contributed by atoms with van der Waals surface area (Å²) in [5, 5.41) is 9.32. The predicted molar refractivity (Wildman–Crippen MR) is 121 cm³/mol. The highest BCUT2D eigenvalue weighted by Crippen LogP contribution is 2.33. The Morgan fingerprint density at radius 2 is 1.76 bits per heavy atom. The third-order valence-electron chi connectivity index (χ3n) is 5.39. The van der Waals surface area contributed by atoms with Gasteiger partial charge in [0.15, 0.2) is 5.82 Å². The summed E-state index contributed by atoms with van der Waals surface area (Å²) in [5.41, 5.74) is 3.43. The van der Waals surface area contributed by atoms with E-state index in [0.29, 0.717) is 48.3 Å². The second-order valence-corrected chi connectivity index (χ2v) is 7.90. The number of hydrogen-bond acceptors (Lipinski definition) is 7. The van der Waals surface area contributed by atoms with Gasteiger partial charge >= 0.3 is 6.01 Å². The highest BCUT2D eigenvalue weighted by Gasteiger charge is 2.27. The number of H-pyrrole nitrogens is 1. The highest BCUT2D eigenvalue weighted by molar-refractivity contribution is 5.76. The molecule has 0 bridgehead atoms. The van der Waals surface area contributed by atoms with Crippen LogP contribution in [0.4, 0.5) is 4.39 Å². The summed E-state index contributed by atoms with van der Waals surface area (Å²) in [4.78, 5) is 16.7. The first-order valence-electron chi connectivity index (χ1n) is 10.9. The van der Waals surface area contributed by atoms with Gasteiger partial charge in [-0.15, -0.1) is 0 Å². The van der Waals surface area contributed by atoms with Crippen molar-refractivity contribution in [2.75, 3.05) is 19.8 Å². The van der Waals surface area contributed by atoms with Gasteiger partial charge in [0.1, 0.15) is 12.4 Å². The molecule has 1 aliphatic heterocycles. The molecule has 3 heterocycles. The number of halogens is 1. The Labute approximate surface area is 195 Å². The van der Waals surface area contributed by atoms with Crippen molar-refractivity contribution in [3.63, 3.8) is 0 Å². The fraction of sp³-hybridized carbons (Fsp3) is 0.240. The average molecular weight is 462 g/mol. The molecule has 1 saturated heterocycles. The number of ether oxygens (including phenoxy) is 3. The Morgan fingerprint density at radius 3 is 2.50 bits per heavy atom. The molecular formula is C25H23FN4O4. The molecule has 4 aromatic rings. The number of aromatic nitrogens is 4. The van der Waals surface area contributed by atoms with Gasteiger partial charge in [-0.2, -0.15) is 4.98 Å². The van der Waals surface area contributed by atoms with Crippen molar-refractivity contribution in [2.24, 2.45) is 5.92 Å². The Hall–Kier alpha value is -3.66. The number of nitrogens with zero attached hydrogens (tertiary/aromatic N) is 3. The maximum absolute atomic E-state index is 13.5. The van der Waals surface area contributed by atoms with Crippen LogP contribution in [0.3, 0.4) is 0 Å². The topological polar surface area (TPSA) is 102 Å². The zero-order valence-electron chi connectivity index (χ0n) is 18.2. The summed E-state index contributed by atoms with van der Waals surface area (Å²) in [6.07, 6.45) is 0.892. The molecule has 0 saturated carbocycles. The molecule has 0 atom stereocenters. The predicted octanol–water partition coefficient (Wildman–Crippen LogP) is 3.91. The first-order chi connectivity index (χ1) is 16.7. The van der Waals surface area contributed by atoms with Crippen molar-refractivity contribution >= 4 is 0 Å². The van der Waals surface area contributed by atoms with E-state index >= 15 is 0 Å². The van der Waals surface area contributed by atoms with Crippen molar-refractivity contribution in [3.8, 4) is 28.7 Å². The first-order valence-corrected chi connectivity index (χ1v) is 10.9. The molecule has 34 heavy (non-hydrogen) atoms. The van der Waals surface area contributed by atoms with Crippen LogP contribution in [0.1, 0.15) is 17.7 Å². The van der Waals surface area contributed by atoms with Crippen molar-refractivity contribution in [1.29, 1.82) is 0 Å². The molecule has 2 aromatic carbocycles. The van der Waals surface area contributed by atoms with Crippen molar-refractivity contribution in [3.05, 3.63) is 84.1 Å². The number of rotatable bonds is 7. The van der Waals surface area contributed by atoms with E-state index < -0.39 is 6.29 Å². The third kappa shape index (κ3) is 4.96. The minimum absolute atomic E-state index is 0.0103. The number of aromatic amines is 1. The highest BCUT2D eigenvalue weighted by atomic mass is 19.1. The Balaban J connectivity index is 1.46. The van der Waals surface area contributed by atoms with Crippen molar-refractivity contribution in [2.45, 2.75) is 12.9 Å². The van der Waals surface area contributed by atoms with Crippen LogP contribution >= 0.6 is 0 Å². The zero-order valence-corrected chi connectivity index (χ0v) is 18.2. The molecular weight excluding hydrogens is 439 g/mol. The average Bonchev–Trinajstić information content (AvgIpc) is 3.34. The van der Waals surface area contributed by atoms with Crippen LogP contribution in [0.2, 0.25) is 0 Å². The second kappa shape index (κ2) is 10.1. The lowest BCUT2D eigenvalue weighted by Gasteiger charge is -2.26. The monoisotopic (exact) mass is 462 g/mol. The summed E-state index contributed by atoms with van der Waals surface area (Å²) in [6, 6.07) is 17.8. The lowest BCUT2D eigenvalue weighted by Crippen LogP contribution is -2.29. The van der Waals surface area contributed by atoms with E-state index in [1.807, 2.05) is 30.3 Å². The molecule has 8 nitrogen and oxygen atoms in total. The molecule has 9 heteroatoms. The number of nitrogens with one attached hydrogen (secondary N) is 1. The first kappa shape index (κ1) is 22.1. The largest absolute Gasteiger partial charge is 0.459 e. The lowest BCUT2D eigenvalue weighted by molar-refractivity contribution is -0.213. The molecule has 0 aliphatic carbocycles. The zero-order chi connectivity index (χ0) is 23.3. The van der Waals surface area contributed by atoms with E-state index in [1.54, 1.807) is 24.4 Å². The van der Waals surface area contributed by atoms with Gasteiger partial charge in [-0.1, -0.05) is 30.3 Å². The number of aliphatic hydroxyl groups is 1. The van der Waals surface area contributed by atoms with Gasteiger partial charge in [0.25, 0.3) is 0 Å². The molecule has 2 N–H and O–H groups in total. The Bertz CT molecular complexity index is 1230. The summed E-state index contributed by atoms with van der Waals surface area (Å²) in [6.45, 7) is 1.03.